The highest BCUT2D eigenvalue weighted by molar-refractivity contribution is 8.00. The minimum atomic E-state index is -0.880. The first-order valence-electron chi connectivity index (χ1n) is 6.21. The van der Waals surface area contributed by atoms with Crippen molar-refractivity contribution in [2.24, 2.45) is 0 Å². The van der Waals surface area contributed by atoms with Crippen LogP contribution in [0.25, 0.3) is 0 Å². The van der Waals surface area contributed by atoms with E-state index in [9.17, 15) is 9.59 Å². The highest BCUT2D eigenvalue weighted by atomic mass is 32.2. The number of aliphatic carboxylic acids is 1. The normalized spacial score (nSPS) is 11.9. The van der Waals surface area contributed by atoms with Crippen molar-refractivity contribution in [2.45, 2.75) is 30.4 Å². The van der Waals surface area contributed by atoms with E-state index in [0.717, 1.165) is 6.42 Å². The Kier molecular flexibility index (Phi) is 5.89. The highest BCUT2D eigenvalue weighted by Gasteiger charge is 2.19. The van der Waals surface area contributed by atoms with Crippen LogP contribution in [-0.2, 0) is 4.79 Å². The number of thioether (sulfide) groups is 1. The predicted molar refractivity (Wildman–Crippen MR) is 76.6 cm³/mol. The van der Waals surface area contributed by atoms with Crippen molar-refractivity contribution in [3.05, 3.63) is 29.8 Å². The second-order valence-electron chi connectivity index (χ2n) is 4.32. The van der Waals surface area contributed by atoms with E-state index in [0.29, 0.717) is 17.0 Å². The maximum Gasteiger partial charge on any atom is 0.316 e. The van der Waals surface area contributed by atoms with Crippen molar-refractivity contribution in [1.82, 2.24) is 4.90 Å². The van der Waals surface area contributed by atoms with E-state index in [1.807, 2.05) is 13.0 Å². The second kappa shape index (κ2) is 7.19. The van der Waals surface area contributed by atoms with Gasteiger partial charge in [-0.15, -0.1) is 11.8 Å². The van der Waals surface area contributed by atoms with Gasteiger partial charge in [0.15, 0.2) is 0 Å². The van der Waals surface area contributed by atoms with Crippen molar-refractivity contribution in [1.29, 1.82) is 0 Å². The fourth-order valence-electron chi connectivity index (χ4n) is 1.63. The molecule has 1 unspecified atom stereocenters. The number of hydrogen-bond donors (Lipinski definition) is 1. The molecule has 4 nitrogen and oxygen atoms in total. The number of carbonyl (C=O) groups excluding carboxylic acids is 1. The number of carboxylic acid groups (broad SMARTS) is 1. The fourth-order valence-corrected chi connectivity index (χ4v) is 2.55. The van der Waals surface area contributed by atoms with Gasteiger partial charge >= 0.3 is 5.97 Å². The Labute approximate surface area is 117 Å². The SMILES string of the molecule is CCCN(C)C(=O)c1ccccc1SC(C)C(=O)O. The Morgan fingerprint density at radius 2 is 2.00 bits per heavy atom. The van der Waals surface area contributed by atoms with Crippen LogP contribution in [0.1, 0.15) is 30.6 Å². The number of hydrogen-bond acceptors (Lipinski definition) is 3. The van der Waals surface area contributed by atoms with Crippen LogP contribution in [0.2, 0.25) is 0 Å². The second-order valence-corrected chi connectivity index (χ2v) is 5.70. The molecule has 1 N–H and O–H groups in total. The zero-order chi connectivity index (χ0) is 14.4. The van der Waals surface area contributed by atoms with E-state index in [1.165, 1.54) is 11.8 Å². The third-order valence-electron chi connectivity index (χ3n) is 2.67. The van der Waals surface area contributed by atoms with Crippen LogP contribution in [0.3, 0.4) is 0 Å². The molecule has 1 rings (SSSR count). The van der Waals surface area contributed by atoms with Gasteiger partial charge in [0.1, 0.15) is 5.25 Å². The van der Waals surface area contributed by atoms with Gasteiger partial charge in [0, 0.05) is 18.5 Å². The summed E-state index contributed by atoms with van der Waals surface area (Å²) < 4.78 is 0. The van der Waals surface area contributed by atoms with E-state index >= 15 is 0 Å². The molecule has 0 spiro atoms. The van der Waals surface area contributed by atoms with Crippen LogP contribution in [0.5, 0.6) is 0 Å². The van der Waals surface area contributed by atoms with Gasteiger partial charge in [-0.3, -0.25) is 9.59 Å². The molecule has 1 amide bonds. The molecule has 0 aromatic heterocycles. The van der Waals surface area contributed by atoms with Gasteiger partial charge in [0.2, 0.25) is 0 Å². The molecule has 19 heavy (non-hydrogen) atoms. The lowest BCUT2D eigenvalue weighted by atomic mass is 10.2. The molecular formula is C14H19NO3S. The quantitative estimate of drug-likeness (QED) is 0.815. The van der Waals surface area contributed by atoms with Gasteiger partial charge in [-0.2, -0.15) is 0 Å². The van der Waals surface area contributed by atoms with Gasteiger partial charge < -0.3 is 10.0 Å². The average Bonchev–Trinajstić information content (AvgIpc) is 2.38. The van der Waals surface area contributed by atoms with Crippen molar-refractivity contribution in [2.75, 3.05) is 13.6 Å². The molecule has 1 atom stereocenters. The topological polar surface area (TPSA) is 57.6 Å². The molecule has 0 fully saturated rings. The lowest BCUT2D eigenvalue weighted by Crippen LogP contribution is -2.28. The summed E-state index contributed by atoms with van der Waals surface area (Å²) in [7, 11) is 1.76. The Morgan fingerprint density at radius 1 is 1.37 bits per heavy atom. The molecule has 0 saturated carbocycles. The molecule has 0 aliphatic rings. The number of carbonyl (C=O) groups is 2. The molecule has 0 saturated heterocycles. The van der Waals surface area contributed by atoms with Crippen molar-refractivity contribution >= 4 is 23.6 Å². The van der Waals surface area contributed by atoms with Crippen molar-refractivity contribution in [3.8, 4) is 0 Å². The molecule has 0 heterocycles. The van der Waals surface area contributed by atoms with Gasteiger partial charge in [-0.05, 0) is 25.5 Å². The van der Waals surface area contributed by atoms with E-state index in [-0.39, 0.29) is 5.91 Å². The summed E-state index contributed by atoms with van der Waals surface area (Å²) in [5.74, 6) is -0.947. The Hall–Kier alpha value is -1.49. The van der Waals surface area contributed by atoms with Gasteiger partial charge in [-0.25, -0.2) is 0 Å². The highest BCUT2D eigenvalue weighted by Crippen LogP contribution is 2.27. The van der Waals surface area contributed by atoms with E-state index < -0.39 is 11.2 Å². The van der Waals surface area contributed by atoms with Crippen LogP contribution in [0, 0.1) is 0 Å². The molecule has 0 aliphatic heterocycles. The van der Waals surface area contributed by atoms with E-state index in [2.05, 4.69) is 0 Å². The van der Waals surface area contributed by atoms with Crippen LogP contribution in [-0.4, -0.2) is 40.7 Å². The standard InChI is InChI=1S/C14H19NO3S/c1-4-9-15(3)13(16)11-7-5-6-8-12(11)19-10(2)14(17)18/h5-8,10H,4,9H2,1-3H3,(H,17,18). The molecular weight excluding hydrogens is 262 g/mol. The van der Waals surface area contributed by atoms with Gasteiger partial charge in [0.25, 0.3) is 5.91 Å². The number of nitrogens with zero attached hydrogens (tertiary/aromatic N) is 1. The molecule has 1 aromatic rings. The summed E-state index contributed by atoms with van der Waals surface area (Å²) >= 11 is 1.20. The maximum atomic E-state index is 12.3. The minimum Gasteiger partial charge on any atom is -0.480 e. The molecule has 5 heteroatoms. The summed E-state index contributed by atoms with van der Waals surface area (Å²) in [4.78, 5) is 25.5. The largest absolute Gasteiger partial charge is 0.480 e. The Balaban J connectivity index is 2.95. The van der Waals surface area contributed by atoms with Crippen molar-refractivity contribution in [3.63, 3.8) is 0 Å². The third-order valence-corrected chi connectivity index (χ3v) is 3.84. The lowest BCUT2D eigenvalue weighted by Gasteiger charge is -2.18. The summed E-state index contributed by atoms with van der Waals surface area (Å²) in [6.07, 6.45) is 0.892. The van der Waals surface area contributed by atoms with Crippen LogP contribution >= 0.6 is 11.8 Å². The zero-order valence-electron chi connectivity index (χ0n) is 11.4. The summed E-state index contributed by atoms with van der Waals surface area (Å²) in [6.45, 7) is 4.31. The predicted octanol–water partition coefficient (Wildman–Crippen LogP) is 2.73. The number of benzene rings is 1. The smallest absolute Gasteiger partial charge is 0.316 e. The van der Waals surface area contributed by atoms with E-state index in [1.54, 1.807) is 37.1 Å². The summed E-state index contributed by atoms with van der Waals surface area (Å²) in [5.41, 5.74) is 0.566. The molecule has 0 aliphatic carbocycles. The first kappa shape index (κ1) is 15.6. The number of rotatable bonds is 6. The average molecular weight is 281 g/mol. The zero-order valence-corrected chi connectivity index (χ0v) is 12.2. The van der Waals surface area contributed by atoms with Gasteiger partial charge in [-0.1, -0.05) is 19.1 Å². The molecule has 0 radical (unpaired) electrons. The van der Waals surface area contributed by atoms with Gasteiger partial charge in [0.05, 0.1) is 5.56 Å². The van der Waals surface area contributed by atoms with E-state index in [4.69, 9.17) is 5.11 Å². The first-order valence-corrected chi connectivity index (χ1v) is 7.09. The minimum absolute atomic E-state index is 0.0671. The fraction of sp³-hybridized carbons (Fsp3) is 0.429. The molecule has 0 bridgehead atoms. The number of carboxylic acids is 1. The summed E-state index contributed by atoms with van der Waals surface area (Å²) in [5, 5.41) is 8.37. The van der Waals surface area contributed by atoms with Crippen molar-refractivity contribution < 1.29 is 14.7 Å². The van der Waals surface area contributed by atoms with Crippen LogP contribution < -0.4 is 0 Å². The first-order chi connectivity index (χ1) is 8.97. The molecule has 104 valence electrons. The Morgan fingerprint density at radius 3 is 2.58 bits per heavy atom. The van der Waals surface area contributed by atoms with Crippen LogP contribution in [0.4, 0.5) is 0 Å². The monoisotopic (exact) mass is 281 g/mol. The molecule has 1 aromatic carbocycles. The summed E-state index contributed by atoms with van der Waals surface area (Å²) in [6, 6.07) is 7.14. The Bertz CT molecular complexity index is 462. The lowest BCUT2D eigenvalue weighted by molar-refractivity contribution is -0.136. The maximum absolute atomic E-state index is 12.3. The number of amides is 1. The third kappa shape index (κ3) is 4.28. The van der Waals surface area contributed by atoms with Crippen LogP contribution in [0.15, 0.2) is 29.2 Å².